The van der Waals surface area contributed by atoms with Crippen molar-refractivity contribution in [1.82, 2.24) is 0 Å². The monoisotopic (exact) mass is 312 g/mol. The molecule has 0 aromatic rings. The Morgan fingerprint density at radius 2 is 2.05 bits per heavy atom. The van der Waals surface area contributed by atoms with E-state index in [-0.39, 0.29) is 34.7 Å². The van der Waals surface area contributed by atoms with Crippen LogP contribution in [0.2, 0.25) is 0 Å². The molecule has 2 saturated carbocycles. The first-order valence-electron chi connectivity index (χ1n) is 7.83. The summed E-state index contributed by atoms with van der Waals surface area (Å²) in [6.45, 7) is 8.53. The predicted octanol–water partition coefficient (Wildman–Crippen LogP) is 3.43. The van der Waals surface area contributed by atoms with Gasteiger partial charge in [-0.1, -0.05) is 26.3 Å². The smallest absolute Gasteiger partial charge is 0.321 e. The summed E-state index contributed by atoms with van der Waals surface area (Å²) in [7, 11) is 0. The zero-order chi connectivity index (χ0) is 15.6. The van der Waals surface area contributed by atoms with Crippen molar-refractivity contribution >= 4 is 17.6 Å². The van der Waals surface area contributed by atoms with Crippen molar-refractivity contribution in [3.8, 4) is 0 Å². The lowest BCUT2D eigenvalue weighted by molar-refractivity contribution is -0.166. The Balaban J connectivity index is 1.99. The summed E-state index contributed by atoms with van der Waals surface area (Å²) in [5.74, 6) is -0.204. The lowest BCUT2D eigenvalue weighted by Gasteiger charge is -2.60. The molecule has 0 bridgehead atoms. The molecule has 0 saturated heterocycles. The van der Waals surface area contributed by atoms with Gasteiger partial charge in [-0.3, -0.25) is 4.79 Å². The Morgan fingerprint density at radius 3 is 2.57 bits per heavy atom. The molecule has 0 amide bonds. The Bertz CT molecular complexity index is 524. The minimum Gasteiger partial charge on any atom is -0.460 e. The van der Waals surface area contributed by atoms with Crippen LogP contribution in [-0.2, 0) is 9.53 Å². The number of alkyl halides is 1. The number of fused-ring (bicyclic) bond motifs is 2. The van der Waals surface area contributed by atoms with Crippen molar-refractivity contribution in [2.75, 3.05) is 5.88 Å². The van der Waals surface area contributed by atoms with Gasteiger partial charge < -0.3 is 9.84 Å². The van der Waals surface area contributed by atoms with Gasteiger partial charge in [0.2, 0.25) is 0 Å². The highest BCUT2D eigenvalue weighted by atomic mass is 35.5. The van der Waals surface area contributed by atoms with Gasteiger partial charge in [0.25, 0.3) is 0 Å². The maximum atomic E-state index is 11.7. The van der Waals surface area contributed by atoms with E-state index < -0.39 is 5.60 Å². The number of ether oxygens (including phenoxy) is 1. The molecule has 0 aromatic carbocycles. The fraction of sp³-hybridized carbons (Fsp3) is 0.824. The van der Waals surface area contributed by atoms with Gasteiger partial charge in [-0.2, -0.15) is 0 Å². The molecule has 0 unspecified atom stereocenters. The molecule has 4 atom stereocenters. The van der Waals surface area contributed by atoms with E-state index in [1.165, 1.54) is 5.57 Å². The average molecular weight is 313 g/mol. The second-order valence-corrected chi connectivity index (χ2v) is 8.36. The van der Waals surface area contributed by atoms with Gasteiger partial charge in [-0.05, 0) is 38.2 Å². The minimum absolute atomic E-state index is 0.0721. The van der Waals surface area contributed by atoms with E-state index in [9.17, 15) is 9.90 Å². The number of halogens is 1. The zero-order valence-corrected chi connectivity index (χ0v) is 14.1. The van der Waals surface area contributed by atoms with Crippen molar-refractivity contribution in [1.29, 1.82) is 0 Å². The second-order valence-electron chi connectivity index (χ2n) is 8.09. The number of esters is 1. The molecule has 3 aliphatic carbocycles. The van der Waals surface area contributed by atoms with E-state index in [0.29, 0.717) is 0 Å². The first kappa shape index (κ1) is 15.4. The van der Waals surface area contributed by atoms with E-state index in [1.54, 1.807) is 0 Å². The van der Waals surface area contributed by atoms with Crippen LogP contribution in [0.3, 0.4) is 0 Å². The first-order valence-corrected chi connectivity index (χ1v) is 8.36. The SMILES string of the molecule is CC1=C2CC(C)(C)[C@H](OC(=O)CCl)[C@H]2C[C@]2(C)CC[C@]12O. The highest BCUT2D eigenvalue weighted by Crippen LogP contribution is 2.66. The number of hydrogen-bond donors (Lipinski definition) is 1. The molecule has 2 fully saturated rings. The topological polar surface area (TPSA) is 46.5 Å². The molecular weight excluding hydrogens is 288 g/mol. The third-order valence-electron chi connectivity index (χ3n) is 6.41. The van der Waals surface area contributed by atoms with Crippen molar-refractivity contribution in [3.63, 3.8) is 0 Å². The fourth-order valence-corrected chi connectivity index (χ4v) is 5.02. The minimum atomic E-state index is -0.639. The fourth-order valence-electron chi connectivity index (χ4n) is 4.96. The van der Waals surface area contributed by atoms with Gasteiger partial charge in [-0.15, -0.1) is 11.6 Å². The van der Waals surface area contributed by atoms with Crippen molar-refractivity contribution in [3.05, 3.63) is 11.1 Å². The highest BCUT2D eigenvalue weighted by Gasteiger charge is 2.64. The summed E-state index contributed by atoms with van der Waals surface area (Å²) in [4.78, 5) is 11.7. The van der Waals surface area contributed by atoms with Crippen LogP contribution in [-0.4, -0.2) is 28.7 Å². The highest BCUT2D eigenvalue weighted by molar-refractivity contribution is 6.26. The van der Waals surface area contributed by atoms with Crippen LogP contribution in [0.1, 0.15) is 53.4 Å². The standard InChI is InChI=1S/C17H25ClO3/c1-10-11-7-15(2,3)14(21-13(19)9-18)12(11)8-16(4)5-6-17(10,16)20/h12,14,20H,5-9H2,1-4H3/t12-,14+,16-,17-/m0/s1. The first-order chi connectivity index (χ1) is 9.64. The zero-order valence-electron chi connectivity index (χ0n) is 13.3. The van der Waals surface area contributed by atoms with Crippen LogP contribution in [0.25, 0.3) is 0 Å². The van der Waals surface area contributed by atoms with E-state index >= 15 is 0 Å². The van der Waals surface area contributed by atoms with Crippen molar-refractivity contribution in [2.24, 2.45) is 16.7 Å². The molecule has 0 radical (unpaired) electrons. The number of carbonyl (C=O) groups is 1. The lowest BCUT2D eigenvalue weighted by atomic mass is 9.48. The summed E-state index contributed by atoms with van der Waals surface area (Å²) in [6.07, 6.45) is 3.57. The van der Waals surface area contributed by atoms with Crippen LogP contribution in [0, 0.1) is 16.7 Å². The molecular formula is C17H25ClO3. The van der Waals surface area contributed by atoms with Gasteiger partial charge in [0.05, 0.1) is 5.60 Å². The van der Waals surface area contributed by atoms with Gasteiger partial charge in [0, 0.05) is 16.7 Å². The summed E-state index contributed by atoms with van der Waals surface area (Å²) >= 11 is 5.61. The number of hydrogen-bond acceptors (Lipinski definition) is 3. The summed E-state index contributed by atoms with van der Waals surface area (Å²) < 4.78 is 5.69. The van der Waals surface area contributed by atoms with E-state index in [0.717, 1.165) is 31.3 Å². The molecule has 1 N–H and O–H groups in total. The van der Waals surface area contributed by atoms with Gasteiger partial charge >= 0.3 is 5.97 Å². The molecule has 0 aliphatic heterocycles. The van der Waals surface area contributed by atoms with E-state index in [1.807, 2.05) is 0 Å². The van der Waals surface area contributed by atoms with Crippen LogP contribution in [0.4, 0.5) is 0 Å². The molecule has 4 heteroatoms. The maximum Gasteiger partial charge on any atom is 0.321 e. The van der Waals surface area contributed by atoms with Gasteiger partial charge in [0.1, 0.15) is 12.0 Å². The third kappa shape index (κ3) is 1.93. The molecule has 3 rings (SSSR count). The summed E-state index contributed by atoms with van der Waals surface area (Å²) in [5, 5.41) is 11.0. The summed E-state index contributed by atoms with van der Waals surface area (Å²) in [5.41, 5.74) is 1.63. The Labute approximate surface area is 131 Å². The molecule has 118 valence electrons. The molecule has 21 heavy (non-hydrogen) atoms. The Hall–Kier alpha value is -0.540. The molecule has 3 nitrogen and oxygen atoms in total. The number of aliphatic hydroxyl groups is 1. The molecule has 0 heterocycles. The van der Waals surface area contributed by atoms with Crippen molar-refractivity contribution in [2.45, 2.75) is 65.1 Å². The van der Waals surface area contributed by atoms with Crippen LogP contribution in [0.15, 0.2) is 11.1 Å². The predicted molar refractivity (Wildman–Crippen MR) is 82.1 cm³/mol. The van der Waals surface area contributed by atoms with Crippen LogP contribution < -0.4 is 0 Å². The second kappa shape index (κ2) is 4.48. The molecule has 3 aliphatic rings. The Kier molecular flexibility index (Phi) is 3.28. The molecule has 0 spiro atoms. The largest absolute Gasteiger partial charge is 0.460 e. The lowest BCUT2D eigenvalue weighted by Crippen LogP contribution is -2.60. The maximum absolute atomic E-state index is 11.7. The molecule has 0 aromatic heterocycles. The van der Waals surface area contributed by atoms with E-state index in [2.05, 4.69) is 27.7 Å². The van der Waals surface area contributed by atoms with Gasteiger partial charge in [-0.25, -0.2) is 0 Å². The average Bonchev–Trinajstić information content (AvgIpc) is 2.67. The normalized spacial score (nSPS) is 43.9. The van der Waals surface area contributed by atoms with Crippen LogP contribution >= 0.6 is 11.6 Å². The Morgan fingerprint density at radius 1 is 1.38 bits per heavy atom. The summed E-state index contributed by atoms with van der Waals surface area (Å²) in [6, 6.07) is 0. The van der Waals surface area contributed by atoms with Crippen LogP contribution in [0.5, 0.6) is 0 Å². The number of rotatable bonds is 2. The van der Waals surface area contributed by atoms with Crippen molar-refractivity contribution < 1.29 is 14.6 Å². The van der Waals surface area contributed by atoms with Gasteiger partial charge in [0.15, 0.2) is 0 Å². The quantitative estimate of drug-likeness (QED) is 0.483. The third-order valence-corrected chi connectivity index (χ3v) is 6.62. The number of carbonyl (C=O) groups excluding carboxylic acids is 1. The van der Waals surface area contributed by atoms with E-state index in [4.69, 9.17) is 16.3 Å².